The highest BCUT2D eigenvalue weighted by Crippen LogP contribution is 2.35. The minimum absolute atomic E-state index is 0.00692. The number of aliphatic imine (C=N–C) groups is 1. The molecular formula is C19H22N4O2S. The lowest BCUT2D eigenvalue weighted by molar-refractivity contribution is -0.122. The maximum Gasteiger partial charge on any atom is 0.227 e. The van der Waals surface area contributed by atoms with Gasteiger partial charge in [0.1, 0.15) is 0 Å². The van der Waals surface area contributed by atoms with E-state index >= 15 is 0 Å². The largest absolute Gasteiger partial charge is 0.355 e. The van der Waals surface area contributed by atoms with Gasteiger partial charge in [0.05, 0.1) is 6.42 Å². The second-order valence-corrected chi connectivity index (χ2v) is 7.63. The van der Waals surface area contributed by atoms with Gasteiger partial charge in [0, 0.05) is 50.4 Å². The predicted molar refractivity (Wildman–Crippen MR) is 104 cm³/mol. The average Bonchev–Trinajstić information content (AvgIpc) is 3.06. The number of fused-ring (bicyclic) bond motifs is 2. The van der Waals surface area contributed by atoms with Crippen LogP contribution in [-0.2, 0) is 9.59 Å². The van der Waals surface area contributed by atoms with E-state index in [1.54, 1.807) is 23.7 Å². The summed E-state index contributed by atoms with van der Waals surface area (Å²) in [6.45, 7) is 2.29. The van der Waals surface area contributed by atoms with Crippen molar-refractivity contribution in [3.63, 3.8) is 0 Å². The van der Waals surface area contributed by atoms with Crippen LogP contribution in [0.1, 0.15) is 30.7 Å². The molecule has 0 unspecified atom stereocenters. The van der Waals surface area contributed by atoms with Gasteiger partial charge >= 0.3 is 0 Å². The van der Waals surface area contributed by atoms with Crippen LogP contribution in [0.15, 0.2) is 40.4 Å². The second kappa shape index (κ2) is 7.15. The summed E-state index contributed by atoms with van der Waals surface area (Å²) in [5, 5.41) is 6.06. The molecule has 1 aromatic rings. The summed E-state index contributed by atoms with van der Waals surface area (Å²) in [5.74, 6) is 0.109. The molecule has 0 aromatic heterocycles. The number of carbonyl (C=O) groups is 2. The third-order valence-electron chi connectivity index (χ3n) is 5.09. The molecule has 4 rings (SSSR count). The van der Waals surface area contributed by atoms with Gasteiger partial charge < -0.3 is 15.1 Å². The molecule has 1 aromatic carbocycles. The van der Waals surface area contributed by atoms with Gasteiger partial charge in [-0.3, -0.25) is 14.6 Å². The van der Waals surface area contributed by atoms with E-state index in [0.29, 0.717) is 19.4 Å². The summed E-state index contributed by atoms with van der Waals surface area (Å²) in [5.41, 5.74) is 3.08. The number of carbonyl (C=O) groups excluding carboxylic acids is 2. The maximum absolute atomic E-state index is 12.5. The summed E-state index contributed by atoms with van der Waals surface area (Å²) in [6, 6.07) is 7.92. The Balaban J connectivity index is 1.38. The van der Waals surface area contributed by atoms with Crippen molar-refractivity contribution in [1.29, 1.82) is 0 Å². The van der Waals surface area contributed by atoms with Crippen LogP contribution in [0.2, 0.25) is 0 Å². The molecule has 0 saturated carbocycles. The second-order valence-electron chi connectivity index (χ2n) is 6.79. The number of amidine groups is 1. The van der Waals surface area contributed by atoms with Gasteiger partial charge in [0.25, 0.3) is 0 Å². The van der Waals surface area contributed by atoms with Gasteiger partial charge in [-0.2, -0.15) is 0 Å². The quantitative estimate of drug-likeness (QED) is 0.883. The number of benzene rings is 1. The Kier molecular flexibility index (Phi) is 4.72. The molecule has 0 bridgehead atoms. The Morgan fingerprint density at radius 2 is 2.23 bits per heavy atom. The Bertz CT molecular complexity index is 804. The van der Waals surface area contributed by atoms with Gasteiger partial charge in [-0.15, -0.1) is 0 Å². The smallest absolute Gasteiger partial charge is 0.227 e. The van der Waals surface area contributed by atoms with Gasteiger partial charge in [-0.05, 0) is 23.5 Å². The predicted octanol–water partition coefficient (Wildman–Crippen LogP) is 2.29. The van der Waals surface area contributed by atoms with E-state index in [0.717, 1.165) is 41.6 Å². The molecule has 7 heteroatoms. The molecule has 136 valence electrons. The number of nitrogens with zero attached hydrogens (tertiary/aromatic N) is 3. The molecule has 1 N–H and O–H groups in total. The van der Waals surface area contributed by atoms with Crippen LogP contribution in [-0.4, -0.2) is 48.6 Å². The number of amides is 2. The van der Waals surface area contributed by atoms with E-state index in [-0.39, 0.29) is 17.7 Å². The standard InChI is InChI=1S/C19H22N4O2S/c1-22-16-6-3-2-5-15(16)13(9-18(22)25)11-21-17(24)10-14-12-26-19-20-7-4-8-23(14)19/h2-3,5-6,12-13H,4,7-11H2,1H3,(H,21,24)/t13-/m0/s1. The first-order valence-electron chi connectivity index (χ1n) is 8.93. The van der Waals surface area contributed by atoms with Crippen molar-refractivity contribution < 1.29 is 9.59 Å². The fourth-order valence-electron chi connectivity index (χ4n) is 3.65. The Labute approximate surface area is 157 Å². The van der Waals surface area contributed by atoms with Crippen LogP contribution in [0, 0.1) is 0 Å². The highest BCUT2D eigenvalue weighted by molar-refractivity contribution is 8.16. The fourth-order valence-corrected chi connectivity index (χ4v) is 4.60. The van der Waals surface area contributed by atoms with Crippen LogP contribution in [0.4, 0.5) is 5.69 Å². The van der Waals surface area contributed by atoms with Gasteiger partial charge in [-0.1, -0.05) is 30.0 Å². The molecular weight excluding hydrogens is 348 g/mol. The summed E-state index contributed by atoms with van der Waals surface area (Å²) in [6.07, 6.45) is 1.81. The third kappa shape index (κ3) is 3.23. The first-order valence-corrected chi connectivity index (χ1v) is 9.81. The lowest BCUT2D eigenvalue weighted by Crippen LogP contribution is -2.38. The van der Waals surface area contributed by atoms with Crippen molar-refractivity contribution in [3.8, 4) is 0 Å². The van der Waals surface area contributed by atoms with Crippen molar-refractivity contribution in [2.75, 3.05) is 31.6 Å². The van der Waals surface area contributed by atoms with Crippen LogP contribution < -0.4 is 10.2 Å². The number of anilines is 1. The van der Waals surface area contributed by atoms with E-state index in [2.05, 4.69) is 15.2 Å². The molecule has 3 aliphatic heterocycles. The van der Waals surface area contributed by atoms with Gasteiger partial charge in [-0.25, -0.2) is 0 Å². The summed E-state index contributed by atoms with van der Waals surface area (Å²) < 4.78 is 0. The SMILES string of the molecule is CN1C(=O)C[C@@H](CNC(=O)CC2=CSC3=NCCCN23)c2ccccc21. The molecule has 26 heavy (non-hydrogen) atoms. The minimum Gasteiger partial charge on any atom is -0.355 e. The number of hydrogen-bond donors (Lipinski definition) is 1. The number of rotatable bonds is 4. The monoisotopic (exact) mass is 370 g/mol. The maximum atomic E-state index is 12.5. The number of hydrogen-bond acceptors (Lipinski definition) is 5. The molecule has 0 fully saturated rings. The highest BCUT2D eigenvalue weighted by Gasteiger charge is 2.30. The van der Waals surface area contributed by atoms with Crippen LogP contribution in [0.25, 0.3) is 0 Å². The van der Waals surface area contributed by atoms with Crippen molar-refractivity contribution in [1.82, 2.24) is 10.2 Å². The topological polar surface area (TPSA) is 65.0 Å². The molecule has 0 saturated heterocycles. The molecule has 0 radical (unpaired) electrons. The molecule has 1 atom stereocenters. The van der Waals surface area contributed by atoms with Crippen LogP contribution in [0.3, 0.4) is 0 Å². The lowest BCUT2D eigenvalue weighted by Gasteiger charge is -2.31. The van der Waals surface area contributed by atoms with E-state index in [4.69, 9.17) is 0 Å². The van der Waals surface area contributed by atoms with Crippen molar-refractivity contribution in [2.45, 2.75) is 25.2 Å². The lowest BCUT2D eigenvalue weighted by atomic mass is 9.89. The molecule has 2 amide bonds. The average molecular weight is 370 g/mol. The third-order valence-corrected chi connectivity index (χ3v) is 6.04. The Morgan fingerprint density at radius 3 is 3.12 bits per heavy atom. The van der Waals surface area contributed by atoms with E-state index < -0.39 is 0 Å². The Morgan fingerprint density at radius 1 is 1.38 bits per heavy atom. The first kappa shape index (κ1) is 17.1. The number of nitrogens with one attached hydrogen (secondary N) is 1. The zero-order chi connectivity index (χ0) is 18.1. The molecule has 3 heterocycles. The molecule has 0 aliphatic carbocycles. The normalized spacial score (nSPS) is 21.7. The van der Waals surface area contributed by atoms with E-state index in [9.17, 15) is 9.59 Å². The zero-order valence-corrected chi connectivity index (χ0v) is 15.6. The Hall–Kier alpha value is -2.28. The van der Waals surface area contributed by atoms with Gasteiger partial charge in [0.15, 0.2) is 5.17 Å². The van der Waals surface area contributed by atoms with Crippen molar-refractivity contribution in [2.24, 2.45) is 4.99 Å². The molecule has 0 spiro atoms. The zero-order valence-electron chi connectivity index (χ0n) is 14.8. The summed E-state index contributed by atoms with van der Waals surface area (Å²) in [4.78, 5) is 33.0. The number of para-hydroxylation sites is 1. The van der Waals surface area contributed by atoms with E-state index in [1.807, 2.05) is 29.7 Å². The summed E-state index contributed by atoms with van der Waals surface area (Å²) >= 11 is 1.60. The molecule has 3 aliphatic rings. The highest BCUT2D eigenvalue weighted by atomic mass is 32.2. The summed E-state index contributed by atoms with van der Waals surface area (Å²) in [7, 11) is 1.80. The van der Waals surface area contributed by atoms with Crippen molar-refractivity contribution in [3.05, 3.63) is 40.9 Å². The van der Waals surface area contributed by atoms with Gasteiger partial charge in [0.2, 0.25) is 11.8 Å². The van der Waals surface area contributed by atoms with Crippen LogP contribution >= 0.6 is 11.8 Å². The van der Waals surface area contributed by atoms with E-state index in [1.165, 1.54) is 0 Å². The van der Waals surface area contributed by atoms with Crippen molar-refractivity contribution >= 4 is 34.4 Å². The number of thioether (sulfide) groups is 1. The molecule has 6 nitrogen and oxygen atoms in total. The minimum atomic E-state index is -0.00692. The van der Waals surface area contributed by atoms with Crippen LogP contribution in [0.5, 0.6) is 0 Å². The first-order chi connectivity index (χ1) is 12.6. The fraction of sp³-hybridized carbons (Fsp3) is 0.421.